The van der Waals surface area contributed by atoms with Crippen LogP contribution in [0.1, 0.15) is 49.1 Å². The third-order valence-electron chi connectivity index (χ3n) is 7.24. The molecule has 0 radical (unpaired) electrons. The summed E-state index contributed by atoms with van der Waals surface area (Å²) in [6, 6.07) is 14.0. The van der Waals surface area contributed by atoms with Crippen LogP contribution in [-0.4, -0.2) is 66.6 Å². The van der Waals surface area contributed by atoms with Crippen molar-refractivity contribution in [3.8, 4) is 11.5 Å². The second-order valence-electron chi connectivity index (χ2n) is 9.85. The van der Waals surface area contributed by atoms with Crippen LogP contribution >= 0.6 is 24.8 Å². The molecule has 1 N–H and O–H groups in total. The largest absolute Gasteiger partial charge is 0.573 e. The molecule has 0 aromatic heterocycles. The van der Waals surface area contributed by atoms with Gasteiger partial charge in [-0.2, -0.15) is 0 Å². The lowest BCUT2D eigenvalue weighted by molar-refractivity contribution is -0.275. The van der Waals surface area contributed by atoms with Gasteiger partial charge in [0.25, 0.3) is 0 Å². The van der Waals surface area contributed by atoms with Gasteiger partial charge in [0.05, 0.1) is 5.60 Å². The Morgan fingerprint density at radius 2 is 1.57 bits per heavy atom. The average molecular weight is 566 g/mol. The molecule has 1 unspecified atom stereocenters. The molecule has 1 aliphatic heterocycles. The summed E-state index contributed by atoms with van der Waals surface area (Å²) in [5, 5.41) is 11.7. The first-order valence-corrected chi connectivity index (χ1v) is 12.4. The molecule has 0 spiro atoms. The van der Waals surface area contributed by atoms with Crippen LogP contribution in [0.2, 0.25) is 0 Å². The van der Waals surface area contributed by atoms with Gasteiger partial charge in [0, 0.05) is 38.6 Å². The monoisotopic (exact) mass is 564 g/mol. The molecule has 208 valence electrons. The fourth-order valence-corrected chi connectivity index (χ4v) is 5.19. The first kappa shape index (κ1) is 31.5. The van der Waals surface area contributed by atoms with Crippen molar-refractivity contribution in [2.45, 2.75) is 56.6 Å². The zero-order valence-corrected chi connectivity index (χ0v) is 22.7. The van der Waals surface area contributed by atoms with Gasteiger partial charge in [-0.15, -0.1) is 38.0 Å². The van der Waals surface area contributed by atoms with Crippen LogP contribution in [0.5, 0.6) is 11.5 Å². The van der Waals surface area contributed by atoms with E-state index in [0.717, 1.165) is 51.0 Å². The summed E-state index contributed by atoms with van der Waals surface area (Å²) in [6.07, 6.45) is -0.656. The second-order valence-corrected chi connectivity index (χ2v) is 9.85. The SMILES string of the molecule is CN1CCN(CC(c2ccc(OCc3ccccc3)c(OC(F)(F)F)c2)C2(O)CCCCC2)CC1.Cl.Cl. The van der Waals surface area contributed by atoms with Crippen molar-refractivity contribution in [2.24, 2.45) is 0 Å². The van der Waals surface area contributed by atoms with Crippen LogP contribution in [0, 0.1) is 0 Å². The first-order chi connectivity index (χ1) is 16.7. The molecule has 2 aromatic carbocycles. The molecule has 10 heteroatoms. The Bertz CT molecular complexity index is 952. The molecule has 2 aliphatic rings. The molecular weight excluding hydrogens is 528 g/mol. The summed E-state index contributed by atoms with van der Waals surface area (Å²) in [6.45, 7) is 4.32. The average Bonchev–Trinajstić information content (AvgIpc) is 2.83. The van der Waals surface area contributed by atoms with E-state index in [1.807, 2.05) is 30.3 Å². The molecule has 2 aromatic rings. The van der Waals surface area contributed by atoms with Gasteiger partial charge in [0.1, 0.15) is 6.61 Å². The Balaban J connectivity index is 0.00000241. The summed E-state index contributed by atoms with van der Waals surface area (Å²) in [7, 11) is 2.08. The topological polar surface area (TPSA) is 45.2 Å². The lowest BCUT2D eigenvalue weighted by atomic mass is 9.72. The van der Waals surface area contributed by atoms with Crippen molar-refractivity contribution < 1.29 is 27.8 Å². The number of hydrogen-bond acceptors (Lipinski definition) is 5. The van der Waals surface area contributed by atoms with Gasteiger partial charge in [0.2, 0.25) is 0 Å². The lowest BCUT2D eigenvalue weighted by Crippen LogP contribution is -2.50. The third-order valence-corrected chi connectivity index (χ3v) is 7.24. The minimum Gasteiger partial charge on any atom is -0.485 e. The lowest BCUT2D eigenvalue weighted by Gasteiger charge is -2.43. The molecular formula is C27H37Cl2F3N2O3. The molecule has 1 aliphatic carbocycles. The zero-order chi connectivity index (χ0) is 24.9. The molecule has 0 bridgehead atoms. The molecule has 0 amide bonds. The van der Waals surface area contributed by atoms with Crippen LogP contribution < -0.4 is 9.47 Å². The van der Waals surface area contributed by atoms with Crippen molar-refractivity contribution in [3.63, 3.8) is 0 Å². The molecule has 5 nitrogen and oxygen atoms in total. The number of piperazine rings is 1. The van der Waals surface area contributed by atoms with E-state index >= 15 is 0 Å². The van der Waals surface area contributed by atoms with Crippen molar-refractivity contribution in [3.05, 3.63) is 59.7 Å². The zero-order valence-electron chi connectivity index (χ0n) is 21.1. The molecule has 37 heavy (non-hydrogen) atoms. The maximum Gasteiger partial charge on any atom is 0.573 e. The van der Waals surface area contributed by atoms with Crippen molar-refractivity contribution in [1.82, 2.24) is 9.80 Å². The van der Waals surface area contributed by atoms with E-state index in [-0.39, 0.29) is 48.8 Å². The number of alkyl halides is 3. The minimum atomic E-state index is -4.85. The molecule has 1 saturated carbocycles. The van der Waals surface area contributed by atoms with Gasteiger partial charge in [-0.05, 0) is 43.1 Å². The number of halogens is 5. The van der Waals surface area contributed by atoms with Gasteiger partial charge in [-0.25, -0.2) is 0 Å². The van der Waals surface area contributed by atoms with E-state index in [9.17, 15) is 18.3 Å². The number of hydrogen-bond donors (Lipinski definition) is 1. The minimum absolute atomic E-state index is 0. The number of aliphatic hydroxyl groups is 1. The van der Waals surface area contributed by atoms with Crippen molar-refractivity contribution >= 4 is 24.8 Å². The highest BCUT2D eigenvalue weighted by atomic mass is 35.5. The predicted molar refractivity (Wildman–Crippen MR) is 143 cm³/mol. The number of rotatable bonds is 8. The van der Waals surface area contributed by atoms with Gasteiger partial charge in [-0.1, -0.05) is 55.7 Å². The van der Waals surface area contributed by atoms with Crippen LogP contribution in [0.15, 0.2) is 48.5 Å². The Hall–Kier alpha value is -1.71. The van der Waals surface area contributed by atoms with E-state index in [1.165, 1.54) is 6.07 Å². The molecule has 1 saturated heterocycles. The third kappa shape index (κ3) is 8.93. The summed E-state index contributed by atoms with van der Waals surface area (Å²) < 4.78 is 50.1. The molecule has 1 atom stereocenters. The highest BCUT2D eigenvalue weighted by molar-refractivity contribution is 5.85. The number of benzene rings is 2. The summed E-state index contributed by atoms with van der Waals surface area (Å²) >= 11 is 0. The normalized spacial score (nSPS) is 19.3. The van der Waals surface area contributed by atoms with E-state index in [2.05, 4.69) is 21.6 Å². The Morgan fingerprint density at radius 1 is 0.919 bits per heavy atom. The van der Waals surface area contributed by atoms with E-state index in [0.29, 0.717) is 24.9 Å². The van der Waals surface area contributed by atoms with Crippen molar-refractivity contribution in [2.75, 3.05) is 39.8 Å². The Kier molecular flexibility index (Phi) is 11.8. The Labute approximate surface area is 229 Å². The smallest absolute Gasteiger partial charge is 0.485 e. The van der Waals surface area contributed by atoms with E-state index < -0.39 is 12.0 Å². The van der Waals surface area contributed by atoms with Gasteiger partial charge in [0.15, 0.2) is 11.5 Å². The number of nitrogens with zero attached hydrogens (tertiary/aromatic N) is 2. The maximum atomic E-state index is 13.3. The predicted octanol–water partition coefficient (Wildman–Crippen LogP) is 6.03. The fourth-order valence-electron chi connectivity index (χ4n) is 5.19. The van der Waals surface area contributed by atoms with Gasteiger partial charge in [-0.3, -0.25) is 0 Å². The number of ether oxygens (including phenoxy) is 2. The second kappa shape index (κ2) is 13.9. The molecule has 4 rings (SSSR count). The Morgan fingerprint density at radius 3 is 2.19 bits per heavy atom. The summed E-state index contributed by atoms with van der Waals surface area (Å²) in [4.78, 5) is 4.57. The maximum absolute atomic E-state index is 13.3. The summed E-state index contributed by atoms with van der Waals surface area (Å²) in [5.74, 6) is -0.650. The van der Waals surface area contributed by atoms with E-state index in [1.54, 1.807) is 12.1 Å². The highest BCUT2D eigenvalue weighted by Crippen LogP contribution is 2.43. The van der Waals surface area contributed by atoms with Crippen LogP contribution in [0.3, 0.4) is 0 Å². The van der Waals surface area contributed by atoms with Gasteiger partial charge >= 0.3 is 6.36 Å². The molecule has 2 fully saturated rings. The van der Waals surface area contributed by atoms with Crippen molar-refractivity contribution in [1.29, 1.82) is 0 Å². The number of likely N-dealkylation sites (N-methyl/N-ethyl adjacent to an activating group) is 1. The van der Waals surface area contributed by atoms with Crippen LogP contribution in [0.25, 0.3) is 0 Å². The van der Waals surface area contributed by atoms with Crippen LogP contribution in [-0.2, 0) is 6.61 Å². The van der Waals surface area contributed by atoms with Gasteiger partial charge < -0.3 is 24.4 Å². The molecule has 1 heterocycles. The quantitative estimate of drug-likeness (QED) is 0.424. The highest BCUT2D eigenvalue weighted by Gasteiger charge is 2.41. The standard InChI is InChI=1S/C27H35F3N2O3.2ClH/c1-31-14-16-32(17-15-31)19-23(26(33)12-6-3-7-13-26)22-10-11-24(25(18-22)35-27(28,29)30)34-20-21-8-4-2-5-9-21;;/h2,4-5,8-11,18,23,33H,3,6-7,12-17,19-20H2,1H3;2*1H. The van der Waals surface area contributed by atoms with E-state index in [4.69, 9.17) is 4.74 Å². The summed E-state index contributed by atoms with van der Waals surface area (Å²) in [5.41, 5.74) is 0.544. The van der Waals surface area contributed by atoms with Crippen LogP contribution in [0.4, 0.5) is 13.2 Å². The fraction of sp³-hybridized carbons (Fsp3) is 0.556. The first-order valence-electron chi connectivity index (χ1n) is 12.4.